The summed E-state index contributed by atoms with van der Waals surface area (Å²) in [5.41, 5.74) is 6.77. The van der Waals surface area contributed by atoms with E-state index in [1.165, 1.54) is 16.7 Å². The predicted octanol–water partition coefficient (Wildman–Crippen LogP) is 6.04. The molecule has 5 aromatic rings. The van der Waals surface area contributed by atoms with Gasteiger partial charge in [-0.2, -0.15) is 0 Å². The summed E-state index contributed by atoms with van der Waals surface area (Å²) >= 11 is 0. The molecule has 0 aliphatic carbocycles. The van der Waals surface area contributed by atoms with Gasteiger partial charge in [-0.15, -0.1) is 5.10 Å². The van der Waals surface area contributed by atoms with Crippen molar-refractivity contribution in [1.82, 2.24) is 15.0 Å². The Morgan fingerprint density at radius 3 is 2.24 bits per heavy atom. The van der Waals surface area contributed by atoms with Gasteiger partial charge in [0.2, 0.25) is 5.91 Å². The number of aromatic nitrogens is 3. The van der Waals surface area contributed by atoms with Gasteiger partial charge in [-0.25, -0.2) is 4.68 Å². The number of nitrogens with zero attached hydrogens (tertiary/aromatic N) is 4. The van der Waals surface area contributed by atoms with Crippen LogP contribution in [-0.2, 0) is 29.7 Å². The van der Waals surface area contributed by atoms with Gasteiger partial charge in [0.25, 0.3) is 0 Å². The molecule has 0 bridgehead atoms. The van der Waals surface area contributed by atoms with E-state index in [4.69, 9.17) is 0 Å². The lowest BCUT2D eigenvalue weighted by molar-refractivity contribution is -0.122. The van der Waals surface area contributed by atoms with Crippen molar-refractivity contribution in [1.29, 1.82) is 0 Å². The number of fused-ring (bicyclic) bond motifs is 1. The monoisotopic (exact) mass is 484 g/mol. The molecule has 1 aliphatic heterocycles. The smallest absolute Gasteiger partial charge is 0.238 e. The van der Waals surface area contributed by atoms with E-state index < -0.39 is 5.41 Å². The SMILES string of the molecule is C[C@]1(Cc2cn(Cc3ccccc3-c3ccccc3)nn2)C(=O)N(Cc2ccccc2)c2ccccc21. The molecule has 1 amide bonds. The fraction of sp³-hybridized carbons (Fsp3) is 0.156. The number of carbonyl (C=O) groups is 1. The first-order valence-electron chi connectivity index (χ1n) is 12.6. The Morgan fingerprint density at radius 2 is 1.43 bits per heavy atom. The molecule has 1 aromatic heterocycles. The van der Waals surface area contributed by atoms with E-state index >= 15 is 0 Å². The molecule has 1 aliphatic rings. The van der Waals surface area contributed by atoms with Crippen LogP contribution >= 0.6 is 0 Å². The Morgan fingerprint density at radius 1 is 0.757 bits per heavy atom. The van der Waals surface area contributed by atoms with Crippen LogP contribution < -0.4 is 4.90 Å². The zero-order valence-electron chi connectivity index (χ0n) is 20.8. The largest absolute Gasteiger partial charge is 0.307 e. The van der Waals surface area contributed by atoms with Crippen molar-refractivity contribution in [3.8, 4) is 11.1 Å². The summed E-state index contributed by atoms with van der Waals surface area (Å²) in [6.07, 6.45) is 2.47. The van der Waals surface area contributed by atoms with Crippen molar-refractivity contribution in [2.75, 3.05) is 4.90 Å². The molecule has 4 aromatic carbocycles. The third-order valence-electron chi connectivity index (χ3n) is 7.25. The van der Waals surface area contributed by atoms with Gasteiger partial charge in [0, 0.05) is 18.3 Å². The second-order valence-corrected chi connectivity index (χ2v) is 9.83. The van der Waals surface area contributed by atoms with Gasteiger partial charge in [-0.1, -0.05) is 108 Å². The molecule has 6 rings (SSSR count). The van der Waals surface area contributed by atoms with Crippen molar-refractivity contribution in [3.05, 3.63) is 138 Å². The first-order chi connectivity index (χ1) is 18.1. The Kier molecular flexibility index (Phi) is 5.89. The second-order valence-electron chi connectivity index (χ2n) is 9.83. The molecule has 2 heterocycles. The highest BCUT2D eigenvalue weighted by Crippen LogP contribution is 2.44. The number of anilines is 1. The standard InChI is InChI=1S/C32H28N4O/c1-32(29-18-10-11-19-30(29)36(31(32)37)21-24-12-4-2-5-13-24)20-27-23-35(34-33-27)22-26-16-8-9-17-28(26)25-14-6-3-7-15-25/h2-19,23H,20-22H2,1H3/t32-/m1/s1. The molecule has 0 spiro atoms. The van der Waals surface area contributed by atoms with Gasteiger partial charge >= 0.3 is 0 Å². The van der Waals surface area contributed by atoms with Gasteiger partial charge in [0.15, 0.2) is 0 Å². The van der Waals surface area contributed by atoms with Crippen LogP contribution in [-0.4, -0.2) is 20.9 Å². The zero-order valence-corrected chi connectivity index (χ0v) is 20.8. The minimum absolute atomic E-state index is 0.0986. The molecule has 5 heteroatoms. The number of benzene rings is 4. The van der Waals surface area contributed by atoms with Gasteiger partial charge < -0.3 is 4.90 Å². The molecule has 0 radical (unpaired) electrons. The lowest BCUT2D eigenvalue weighted by Crippen LogP contribution is -2.39. The van der Waals surface area contributed by atoms with Gasteiger partial charge in [0.05, 0.1) is 24.2 Å². The number of hydrogen-bond donors (Lipinski definition) is 0. The highest BCUT2D eigenvalue weighted by Gasteiger charge is 2.47. The number of carbonyl (C=O) groups excluding carboxylic acids is 1. The summed E-state index contributed by atoms with van der Waals surface area (Å²) in [7, 11) is 0. The van der Waals surface area contributed by atoms with Crippen LogP contribution in [0, 0.1) is 0 Å². The van der Waals surface area contributed by atoms with Crippen LogP contribution in [0.5, 0.6) is 0 Å². The van der Waals surface area contributed by atoms with Crippen LogP contribution in [0.1, 0.15) is 29.3 Å². The number of hydrogen-bond acceptors (Lipinski definition) is 3. The minimum atomic E-state index is -0.700. The van der Waals surface area contributed by atoms with E-state index in [0.717, 1.165) is 22.5 Å². The lowest BCUT2D eigenvalue weighted by Gasteiger charge is -2.23. The summed E-state index contributed by atoms with van der Waals surface area (Å²) in [6.45, 7) is 3.19. The Labute approximate surface area is 217 Å². The van der Waals surface area contributed by atoms with Gasteiger partial charge in [-0.3, -0.25) is 4.79 Å². The van der Waals surface area contributed by atoms with E-state index in [1.807, 2.05) is 65.2 Å². The minimum Gasteiger partial charge on any atom is -0.307 e. The second kappa shape index (κ2) is 9.51. The molecule has 0 unspecified atom stereocenters. The van der Waals surface area contributed by atoms with Crippen molar-refractivity contribution < 1.29 is 4.79 Å². The van der Waals surface area contributed by atoms with Crippen LogP contribution in [0.15, 0.2) is 115 Å². The molecule has 0 fully saturated rings. The maximum atomic E-state index is 13.9. The summed E-state index contributed by atoms with van der Waals surface area (Å²) in [6, 6.07) is 37.0. The van der Waals surface area contributed by atoms with Gasteiger partial charge in [0.1, 0.15) is 0 Å². The molecule has 182 valence electrons. The molecule has 1 atom stereocenters. The quantitative estimate of drug-likeness (QED) is 0.283. The first-order valence-corrected chi connectivity index (χ1v) is 12.6. The van der Waals surface area contributed by atoms with Crippen LogP contribution in [0.4, 0.5) is 5.69 Å². The summed E-state index contributed by atoms with van der Waals surface area (Å²) in [5, 5.41) is 8.91. The molecule has 5 nitrogen and oxygen atoms in total. The Balaban J connectivity index is 1.26. The highest BCUT2D eigenvalue weighted by atomic mass is 16.2. The van der Waals surface area contributed by atoms with Crippen molar-refractivity contribution in [2.24, 2.45) is 0 Å². The summed E-state index contributed by atoms with van der Waals surface area (Å²) < 4.78 is 1.87. The van der Waals surface area contributed by atoms with Crippen LogP contribution in [0.3, 0.4) is 0 Å². The van der Waals surface area contributed by atoms with E-state index in [0.29, 0.717) is 19.5 Å². The van der Waals surface area contributed by atoms with Crippen molar-refractivity contribution in [3.63, 3.8) is 0 Å². The number of para-hydroxylation sites is 1. The normalized spacial score (nSPS) is 16.7. The zero-order chi connectivity index (χ0) is 25.2. The average molecular weight is 485 g/mol. The van der Waals surface area contributed by atoms with Gasteiger partial charge in [-0.05, 0) is 40.8 Å². The molecular formula is C32H28N4O. The average Bonchev–Trinajstić information content (AvgIpc) is 3.46. The highest BCUT2D eigenvalue weighted by molar-refractivity contribution is 6.07. The van der Waals surface area contributed by atoms with E-state index in [2.05, 4.69) is 77.0 Å². The third-order valence-corrected chi connectivity index (χ3v) is 7.25. The van der Waals surface area contributed by atoms with Crippen LogP contribution in [0.2, 0.25) is 0 Å². The summed E-state index contributed by atoms with van der Waals surface area (Å²) in [4.78, 5) is 15.8. The maximum absolute atomic E-state index is 13.9. The third kappa shape index (κ3) is 4.33. The van der Waals surface area contributed by atoms with E-state index in [1.54, 1.807) is 0 Å². The summed E-state index contributed by atoms with van der Waals surface area (Å²) in [5.74, 6) is 0.0986. The topological polar surface area (TPSA) is 51.0 Å². The molecule has 0 saturated heterocycles. The molecule has 0 saturated carbocycles. The maximum Gasteiger partial charge on any atom is 0.238 e. The van der Waals surface area contributed by atoms with Crippen molar-refractivity contribution >= 4 is 11.6 Å². The Hall–Kier alpha value is -4.51. The molecule has 37 heavy (non-hydrogen) atoms. The fourth-order valence-corrected chi connectivity index (χ4v) is 5.38. The Bertz CT molecular complexity index is 1540. The fourth-order valence-electron chi connectivity index (χ4n) is 5.38. The predicted molar refractivity (Wildman–Crippen MR) is 146 cm³/mol. The number of amides is 1. The van der Waals surface area contributed by atoms with E-state index in [9.17, 15) is 4.79 Å². The van der Waals surface area contributed by atoms with Crippen LogP contribution in [0.25, 0.3) is 11.1 Å². The lowest BCUT2D eigenvalue weighted by atomic mass is 9.80. The van der Waals surface area contributed by atoms with E-state index in [-0.39, 0.29) is 5.91 Å². The number of rotatable bonds is 7. The molecular weight excluding hydrogens is 456 g/mol. The molecule has 0 N–H and O–H groups in total. The first kappa shape index (κ1) is 22.9. The van der Waals surface area contributed by atoms with Crippen molar-refractivity contribution in [2.45, 2.75) is 31.8 Å².